The summed E-state index contributed by atoms with van der Waals surface area (Å²) in [5, 5.41) is 22.4. The third-order valence-corrected chi connectivity index (χ3v) is 2.97. The smallest absolute Gasteiger partial charge is 0.271 e. The van der Waals surface area contributed by atoms with Crippen LogP contribution in [-0.4, -0.2) is 28.9 Å². The van der Waals surface area contributed by atoms with Crippen molar-refractivity contribution in [3.63, 3.8) is 0 Å². The molecule has 2 rings (SSSR count). The van der Waals surface area contributed by atoms with Gasteiger partial charge in [-0.1, -0.05) is 6.92 Å². The number of rotatable bonds is 6. The van der Waals surface area contributed by atoms with Gasteiger partial charge in [-0.15, -0.1) is 0 Å². The van der Waals surface area contributed by atoms with E-state index in [4.69, 9.17) is 4.74 Å². The molecule has 2 aromatic rings. The molecule has 3 N–H and O–H groups in total. The topological polar surface area (TPSA) is 91.2 Å². The number of ether oxygens (including phenoxy) is 1. The highest BCUT2D eigenvalue weighted by molar-refractivity contribution is 5.95. The van der Waals surface area contributed by atoms with E-state index >= 15 is 0 Å². The van der Waals surface area contributed by atoms with Gasteiger partial charge in [0.25, 0.3) is 5.91 Å². The number of hydrogen-bond donors (Lipinski definition) is 3. The molecule has 0 radical (unpaired) electrons. The van der Waals surface area contributed by atoms with Crippen molar-refractivity contribution in [1.29, 1.82) is 0 Å². The predicted octanol–water partition coefficient (Wildman–Crippen LogP) is 2.65. The van der Waals surface area contributed by atoms with Crippen LogP contribution in [-0.2, 0) is 0 Å². The molecular weight excluding hydrogens is 296 g/mol. The van der Waals surface area contributed by atoms with E-state index in [-0.39, 0.29) is 17.4 Å². The average Bonchev–Trinajstić information content (AvgIpc) is 2.56. The van der Waals surface area contributed by atoms with Crippen LogP contribution >= 0.6 is 0 Å². The summed E-state index contributed by atoms with van der Waals surface area (Å²) >= 11 is 0. The molecule has 1 amide bonds. The third-order valence-electron chi connectivity index (χ3n) is 2.97. The highest BCUT2D eigenvalue weighted by atomic mass is 16.5. The first-order valence-electron chi connectivity index (χ1n) is 7.18. The Balaban J connectivity index is 1.93. The molecule has 0 fully saturated rings. The van der Waals surface area contributed by atoms with Gasteiger partial charge < -0.3 is 14.9 Å². The van der Waals surface area contributed by atoms with E-state index < -0.39 is 0 Å². The van der Waals surface area contributed by atoms with Crippen LogP contribution in [0.3, 0.4) is 0 Å². The number of amides is 1. The Hall–Kier alpha value is -3.02. The number of nitrogens with zero attached hydrogens (tertiary/aromatic N) is 1. The van der Waals surface area contributed by atoms with E-state index in [0.29, 0.717) is 23.5 Å². The highest BCUT2D eigenvalue weighted by Crippen LogP contribution is 2.23. The van der Waals surface area contributed by atoms with Crippen LogP contribution in [0.4, 0.5) is 0 Å². The highest BCUT2D eigenvalue weighted by Gasteiger charge is 2.04. The van der Waals surface area contributed by atoms with Crippen molar-refractivity contribution in [2.75, 3.05) is 6.61 Å². The van der Waals surface area contributed by atoms with Crippen LogP contribution in [0.15, 0.2) is 47.6 Å². The normalized spacial score (nSPS) is 10.7. The second-order valence-electron chi connectivity index (χ2n) is 4.82. The summed E-state index contributed by atoms with van der Waals surface area (Å²) < 4.78 is 5.44. The molecule has 2 aromatic carbocycles. The van der Waals surface area contributed by atoms with Crippen LogP contribution in [0.1, 0.15) is 29.3 Å². The van der Waals surface area contributed by atoms with Crippen LogP contribution in [0.25, 0.3) is 0 Å². The zero-order chi connectivity index (χ0) is 16.7. The maximum Gasteiger partial charge on any atom is 0.271 e. The number of phenolic OH excluding ortho intramolecular Hbond substituents is 2. The van der Waals surface area contributed by atoms with E-state index in [9.17, 15) is 15.0 Å². The van der Waals surface area contributed by atoms with Crippen LogP contribution in [0.2, 0.25) is 0 Å². The van der Waals surface area contributed by atoms with Crippen molar-refractivity contribution in [2.24, 2.45) is 5.10 Å². The van der Waals surface area contributed by atoms with Gasteiger partial charge in [0.05, 0.1) is 12.8 Å². The molecule has 0 heterocycles. The zero-order valence-corrected chi connectivity index (χ0v) is 12.7. The van der Waals surface area contributed by atoms with Crippen LogP contribution in [0, 0.1) is 0 Å². The Morgan fingerprint density at radius 1 is 1.17 bits per heavy atom. The Bertz CT molecular complexity index is 696. The fraction of sp³-hybridized carbons (Fsp3) is 0.176. The second-order valence-corrected chi connectivity index (χ2v) is 4.82. The first-order chi connectivity index (χ1) is 11.1. The minimum atomic E-state index is -0.355. The fourth-order valence-electron chi connectivity index (χ4n) is 1.77. The van der Waals surface area contributed by atoms with Gasteiger partial charge in [0.15, 0.2) is 11.5 Å². The largest absolute Gasteiger partial charge is 0.504 e. The standard InChI is InChI=1S/C17H18N2O4/c1-2-9-23-14-6-4-13(5-7-14)17(22)19-18-11-12-3-8-15(20)16(21)10-12/h3-8,10-11,20-21H,2,9H2,1H3,(H,19,22)/b18-11+. The van der Waals surface area contributed by atoms with Crippen molar-refractivity contribution < 1.29 is 19.7 Å². The molecular formula is C17H18N2O4. The quantitative estimate of drug-likeness (QED) is 0.434. The van der Waals surface area contributed by atoms with Crippen molar-refractivity contribution in [2.45, 2.75) is 13.3 Å². The molecule has 0 unspecified atom stereocenters. The minimum Gasteiger partial charge on any atom is -0.504 e. The predicted molar refractivity (Wildman–Crippen MR) is 87.1 cm³/mol. The number of hydrogen-bond acceptors (Lipinski definition) is 5. The molecule has 0 saturated heterocycles. The van der Waals surface area contributed by atoms with Gasteiger partial charge in [0.2, 0.25) is 0 Å². The number of nitrogens with one attached hydrogen (secondary N) is 1. The molecule has 0 aliphatic carbocycles. The number of phenols is 2. The molecule has 0 spiro atoms. The summed E-state index contributed by atoms with van der Waals surface area (Å²) in [6.45, 7) is 2.66. The van der Waals surface area contributed by atoms with E-state index in [1.54, 1.807) is 30.3 Å². The minimum absolute atomic E-state index is 0.212. The van der Waals surface area contributed by atoms with Gasteiger partial charge in [0.1, 0.15) is 5.75 Å². The van der Waals surface area contributed by atoms with Crippen LogP contribution in [0.5, 0.6) is 17.2 Å². The van der Waals surface area contributed by atoms with Gasteiger partial charge in [0, 0.05) is 5.56 Å². The van der Waals surface area contributed by atoms with Crippen molar-refractivity contribution in [3.8, 4) is 17.2 Å². The fourth-order valence-corrected chi connectivity index (χ4v) is 1.77. The maximum absolute atomic E-state index is 11.9. The van der Waals surface area contributed by atoms with Gasteiger partial charge in [-0.05, 0) is 54.4 Å². The first kappa shape index (κ1) is 16.4. The van der Waals surface area contributed by atoms with Gasteiger partial charge >= 0.3 is 0 Å². The number of carbonyl (C=O) groups excluding carboxylic acids is 1. The van der Waals surface area contributed by atoms with Gasteiger partial charge in [-0.2, -0.15) is 5.10 Å². The maximum atomic E-state index is 11.9. The van der Waals surface area contributed by atoms with Gasteiger partial charge in [-0.3, -0.25) is 4.79 Å². The summed E-state index contributed by atoms with van der Waals surface area (Å²) in [6, 6.07) is 11.0. The summed E-state index contributed by atoms with van der Waals surface area (Å²) in [6.07, 6.45) is 2.29. The molecule has 23 heavy (non-hydrogen) atoms. The third kappa shape index (κ3) is 4.74. The van der Waals surface area contributed by atoms with Gasteiger partial charge in [-0.25, -0.2) is 5.43 Å². The summed E-state index contributed by atoms with van der Waals surface area (Å²) in [4.78, 5) is 11.9. The van der Waals surface area contributed by atoms with Crippen molar-refractivity contribution in [1.82, 2.24) is 5.43 Å². The van der Waals surface area contributed by atoms with E-state index in [0.717, 1.165) is 6.42 Å². The molecule has 0 bridgehead atoms. The molecule has 120 valence electrons. The number of carbonyl (C=O) groups is 1. The average molecular weight is 314 g/mol. The Kier molecular flexibility index (Phi) is 5.57. The first-order valence-corrected chi connectivity index (χ1v) is 7.18. The SMILES string of the molecule is CCCOc1ccc(C(=O)N/N=C/c2ccc(O)c(O)c2)cc1. The molecule has 0 aliphatic rings. The lowest BCUT2D eigenvalue weighted by atomic mass is 10.2. The molecule has 0 saturated carbocycles. The Morgan fingerprint density at radius 3 is 2.57 bits per heavy atom. The molecule has 6 heteroatoms. The zero-order valence-electron chi connectivity index (χ0n) is 12.7. The summed E-state index contributed by atoms with van der Waals surface area (Å²) in [5.41, 5.74) is 3.39. The number of benzene rings is 2. The molecule has 0 aliphatic heterocycles. The monoisotopic (exact) mass is 314 g/mol. The molecule has 6 nitrogen and oxygen atoms in total. The summed E-state index contributed by atoms with van der Waals surface area (Å²) in [7, 11) is 0. The Morgan fingerprint density at radius 2 is 1.91 bits per heavy atom. The van der Waals surface area contributed by atoms with E-state index in [1.807, 2.05) is 6.92 Å². The Labute approximate surface area is 134 Å². The van der Waals surface area contributed by atoms with Crippen molar-refractivity contribution in [3.05, 3.63) is 53.6 Å². The second kappa shape index (κ2) is 7.84. The lowest BCUT2D eigenvalue weighted by Crippen LogP contribution is -2.17. The lowest BCUT2D eigenvalue weighted by molar-refractivity contribution is 0.0955. The lowest BCUT2D eigenvalue weighted by Gasteiger charge is -2.05. The van der Waals surface area contributed by atoms with E-state index in [2.05, 4.69) is 10.5 Å². The number of aromatic hydroxyl groups is 2. The van der Waals surface area contributed by atoms with E-state index in [1.165, 1.54) is 18.3 Å². The van der Waals surface area contributed by atoms with Crippen molar-refractivity contribution >= 4 is 12.1 Å². The molecule has 0 atom stereocenters. The van der Waals surface area contributed by atoms with Crippen LogP contribution < -0.4 is 10.2 Å². The number of hydrazone groups is 1. The molecule has 0 aromatic heterocycles. The summed E-state index contributed by atoms with van der Waals surface area (Å²) in [5.74, 6) is -0.0997.